The molecule has 0 aliphatic heterocycles. The monoisotopic (exact) mass is 559 g/mol. The van der Waals surface area contributed by atoms with Crippen LogP contribution < -0.4 is 5.32 Å². The number of ether oxygens (including phenoxy) is 1. The molecule has 4 aliphatic rings. The lowest BCUT2D eigenvalue weighted by Gasteiger charge is -2.59. The molecule has 220 valence electrons. The molecule has 0 spiro atoms. The van der Waals surface area contributed by atoms with Gasteiger partial charge in [-0.1, -0.05) is 25.5 Å². The van der Waals surface area contributed by atoms with E-state index in [2.05, 4.69) is 12.2 Å². The van der Waals surface area contributed by atoms with E-state index in [1.165, 1.54) is 0 Å². The van der Waals surface area contributed by atoms with Crippen LogP contribution in [-0.2, 0) is 28.7 Å². The van der Waals surface area contributed by atoms with Crippen LogP contribution in [0, 0.1) is 28.6 Å². The van der Waals surface area contributed by atoms with E-state index in [-0.39, 0.29) is 61.5 Å². The van der Waals surface area contributed by atoms with Crippen molar-refractivity contribution < 1.29 is 44.0 Å². The molecule has 4 rings (SSSR count). The molecular weight excluding hydrogens is 518 g/mol. The largest absolute Gasteiger partial charge is 0.481 e. The number of hydrogen-bond donors (Lipinski definition) is 4. The predicted molar refractivity (Wildman–Crippen MR) is 143 cm³/mol. The van der Waals surface area contributed by atoms with Crippen molar-refractivity contribution in [2.45, 2.75) is 89.8 Å². The summed E-state index contributed by atoms with van der Waals surface area (Å²) in [5.74, 6) is -2.67. The number of carbonyl (C=O) groups is 5. The molecule has 1 amide bonds. The van der Waals surface area contributed by atoms with Gasteiger partial charge in [0, 0.05) is 36.1 Å². The Labute approximate surface area is 234 Å². The highest BCUT2D eigenvalue weighted by Crippen LogP contribution is 2.67. The van der Waals surface area contributed by atoms with Crippen molar-refractivity contribution in [1.82, 2.24) is 5.32 Å². The fourth-order valence-corrected chi connectivity index (χ4v) is 8.06. The molecule has 3 unspecified atom stereocenters. The van der Waals surface area contributed by atoms with E-state index in [0.29, 0.717) is 25.8 Å². The number of aliphatic hydroxyl groups excluding tert-OH is 1. The van der Waals surface area contributed by atoms with Crippen molar-refractivity contribution in [2.24, 2.45) is 28.6 Å². The van der Waals surface area contributed by atoms with Crippen molar-refractivity contribution in [3.8, 4) is 0 Å². The molecule has 10 heteroatoms. The van der Waals surface area contributed by atoms with E-state index in [1.54, 1.807) is 12.2 Å². The molecule has 4 aliphatic carbocycles. The second kappa shape index (κ2) is 11.6. The number of fused-ring (bicyclic) bond motifs is 5. The highest BCUT2D eigenvalue weighted by Gasteiger charge is 2.68. The van der Waals surface area contributed by atoms with Gasteiger partial charge in [-0.15, -0.1) is 0 Å². The Hall–Kier alpha value is -2.85. The van der Waals surface area contributed by atoms with Gasteiger partial charge in [-0.25, -0.2) is 0 Å². The third kappa shape index (κ3) is 5.52. The van der Waals surface area contributed by atoms with Crippen LogP contribution in [0.4, 0.5) is 0 Å². The van der Waals surface area contributed by atoms with Crippen molar-refractivity contribution in [3.63, 3.8) is 0 Å². The maximum atomic E-state index is 13.3. The molecule has 3 fully saturated rings. The summed E-state index contributed by atoms with van der Waals surface area (Å²) in [6.07, 6.45) is 7.59. The summed E-state index contributed by atoms with van der Waals surface area (Å²) in [6, 6.07) is 0. The standard InChI is InChI=1S/C30H41NO9/c1-28-12-10-19(32)15-18(28)6-7-20-21-11-13-30(39,29(21,2)16-22(33)27(20)28)23(34)17-40-26(38)9-8-24(35)31-14-4-3-5-25(36)37/h10,12,15,20-22,27,33,39H,3-9,11,13-14,16-17H2,1-2H3,(H,31,35)(H,36,37)/t20?,21?,22-,27?,28-,29-,30-/m0/s1. The highest BCUT2D eigenvalue weighted by molar-refractivity contribution is 6.01. The minimum absolute atomic E-state index is 0.00542. The van der Waals surface area contributed by atoms with Crippen LogP contribution in [0.15, 0.2) is 23.8 Å². The second-order valence-electron chi connectivity index (χ2n) is 12.4. The minimum Gasteiger partial charge on any atom is -0.481 e. The zero-order chi connectivity index (χ0) is 29.3. The first-order chi connectivity index (χ1) is 18.8. The number of carboxylic acid groups (broad SMARTS) is 1. The van der Waals surface area contributed by atoms with Crippen LogP contribution in [0.5, 0.6) is 0 Å². The van der Waals surface area contributed by atoms with Crippen LogP contribution in [0.3, 0.4) is 0 Å². The number of hydrogen-bond acceptors (Lipinski definition) is 8. The number of aliphatic hydroxyl groups is 2. The number of ketones is 2. The topological polar surface area (TPSA) is 167 Å². The molecule has 0 aromatic heterocycles. The summed E-state index contributed by atoms with van der Waals surface area (Å²) < 4.78 is 5.15. The average molecular weight is 560 g/mol. The summed E-state index contributed by atoms with van der Waals surface area (Å²) in [5.41, 5.74) is -2.04. The molecule has 0 saturated heterocycles. The smallest absolute Gasteiger partial charge is 0.306 e. The van der Waals surface area contributed by atoms with Gasteiger partial charge in [-0.05, 0) is 68.9 Å². The molecule has 0 bridgehead atoms. The Morgan fingerprint density at radius 1 is 1.10 bits per heavy atom. The zero-order valence-corrected chi connectivity index (χ0v) is 23.3. The third-order valence-electron chi connectivity index (χ3n) is 10.2. The lowest BCUT2D eigenvalue weighted by Crippen LogP contribution is -2.61. The maximum Gasteiger partial charge on any atom is 0.306 e. The van der Waals surface area contributed by atoms with Crippen molar-refractivity contribution in [1.29, 1.82) is 0 Å². The number of rotatable bonds is 11. The molecule has 40 heavy (non-hydrogen) atoms. The number of nitrogens with one attached hydrogen (secondary N) is 1. The summed E-state index contributed by atoms with van der Waals surface area (Å²) in [5, 5.41) is 34.4. The van der Waals surface area contributed by atoms with E-state index in [4.69, 9.17) is 9.84 Å². The predicted octanol–water partition coefficient (Wildman–Crippen LogP) is 2.26. The van der Waals surface area contributed by atoms with Crippen molar-refractivity contribution in [3.05, 3.63) is 23.8 Å². The van der Waals surface area contributed by atoms with Gasteiger partial charge >= 0.3 is 11.9 Å². The molecule has 4 N–H and O–H groups in total. The number of amides is 1. The number of carboxylic acids is 1. The first kappa shape index (κ1) is 30.1. The zero-order valence-electron chi connectivity index (χ0n) is 23.3. The number of unbranched alkanes of at least 4 members (excludes halogenated alkanes) is 1. The fraction of sp³-hybridized carbons (Fsp3) is 0.700. The van der Waals surface area contributed by atoms with E-state index >= 15 is 0 Å². The van der Waals surface area contributed by atoms with Crippen LogP contribution in [0.1, 0.15) is 78.1 Å². The SMILES string of the molecule is C[C@]12C=CC(=O)C=C1CCC1C2[C@@H](O)C[C@@]2(C)C1CC[C@]2(O)C(=O)COC(=O)CCC(=O)NCCCCC(=O)O. The van der Waals surface area contributed by atoms with E-state index in [0.717, 1.165) is 18.4 Å². The van der Waals surface area contributed by atoms with Crippen LogP contribution in [0.2, 0.25) is 0 Å². The van der Waals surface area contributed by atoms with Gasteiger partial charge in [0.25, 0.3) is 0 Å². The minimum atomic E-state index is -1.74. The molecule has 10 nitrogen and oxygen atoms in total. The Morgan fingerprint density at radius 3 is 2.58 bits per heavy atom. The summed E-state index contributed by atoms with van der Waals surface area (Å²) in [4.78, 5) is 60.0. The van der Waals surface area contributed by atoms with Crippen LogP contribution >= 0.6 is 0 Å². The van der Waals surface area contributed by atoms with E-state index < -0.39 is 46.9 Å². The van der Waals surface area contributed by atoms with Gasteiger partial charge in [0.1, 0.15) is 5.60 Å². The summed E-state index contributed by atoms with van der Waals surface area (Å²) in [6.45, 7) is 3.63. The second-order valence-corrected chi connectivity index (χ2v) is 12.4. The van der Waals surface area contributed by atoms with Crippen LogP contribution in [-0.4, -0.2) is 69.6 Å². The van der Waals surface area contributed by atoms with Gasteiger partial charge in [-0.2, -0.15) is 0 Å². The van der Waals surface area contributed by atoms with Gasteiger partial charge in [0.05, 0.1) is 12.5 Å². The van der Waals surface area contributed by atoms with E-state index in [1.807, 2.05) is 13.0 Å². The number of allylic oxidation sites excluding steroid dienone is 4. The van der Waals surface area contributed by atoms with Gasteiger partial charge in [-0.3, -0.25) is 24.0 Å². The van der Waals surface area contributed by atoms with Crippen LogP contribution in [0.25, 0.3) is 0 Å². The highest BCUT2D eigenvalue weighted by atomic mass is 16.5. The average Bonchev–Trinajstić information content (AvgIpc) is 3.16. The molecule has 0 heterocycles. The van der Waals surface area contributed by atoms with Crippen molar-refractivity contribution in [2.75, 3.05) is 13.2 Å². The van der Waals surface area contributed by atoms with Crippen molar-refractivity contribution >= 4 is 29.4 Å². The maximum absolute atomic E-state index is 13.3. The first-order valence-corrected chi connectivity index (χ1v) is 14.3. The number of carbonyl (C=O) groups excluding carboxylic acids is 4. The lowest BCUT2D eigenvalue weighted by molar-refractivity contribution is -0.181. The molecular formula is C30H41NO9. The molecule has 0 radical (unpaired) electrons. The number of Topliss-reactive ketones (excluding diaryl/α,β-unsaturated/α-hetero) is 1. The molecule has 3 saturated carbocycles. The molecule has 0 aromatic rings. The quantitative estimate of drug-likeness (QED) is 0.219. The summed E-state index contributed by atoms with van der Waals surface area (Å²) >= 11 is 0. The van der Waals surface area contributed by atoms with Gasteiger partial charge < -0.3 is 25.4 Å². The lowest BCUT2D eigenvalue weighted by atomic mass is 9.46. The Morgan fingerprint density at radius 2 is 1.85 bits per heavy atom. The van der Waals surface area contributed by atoms with Gasteiger partial charge in [0.2, 0.25) is 11.7 Å². The number of aliphatic carboxylic acids is 1. The fourth-order valence-electron chi connectivity index (χ4n) is 8.06. The Kier molecular flexibility index (Phi) is 8.71. The first-order valence-electron chi connectivity index (χ1n) is 14.3. The normalized spacial score (nSPS) is 36.1. The third-order valence-corrected chi connectivity index (χ3v) is 10.2. The molecule has 0 aromatic carbocycles. The molecule has 7 atom stereocenters. The van der Waals surface area contributed by atoms with E-state index in [9.17, 15) is 34.2 Å². The van der Waals surface area contributed by atoms with Gasteiger partial charge in [0.15, 0.2) is 12.4 Å². The Balaban J connectivity index is 1.32. The summed E-state index contributed by atoms with van der Waals surface area (Å²) in [7, 11) is 0. The Bertz CT molecular complexity index is 1130. The number of esters is 1.